The minimum atomic E-state index is -0.594. The number of unbranched alkanes of at least 4 members (excludes halogenated alkanes) is 16. The van der Waals surface area contributed by atoms with Crippen molar-refractivity contribution in [3.8, 4) is 0 Å². The minimum Gasteiger partial charge on any atom is -0.465 e. The third kappa shape index (κ3) is 34.4. The summed E-state index contributed by atoms with van der Waals surface area (Å²) in [5.41, 5.74) is 0. The summed E-state index contributed by atoms with van der Waals surface area (Å²) in [6, 6.07) is 0. The number of rotatable bonds is 40. The summed E-state index contributed by atoms with van der Waals surface area (Å²) in [7, 11) is 4.33. The first-order chi connectivity index (χ1) is 24.4. The molecule has 0 fully saturated rings. The number of nitrogens with zero attached hydrogens (tertiary/aromatic N) is 2. The Morgan fingerprint density at radius 3 is 1.48 bits per heavy atom. The number of likely N-dealkylation sites (N-methyl/N-ethyl adjacent to an activating group) is 1. The first kappa shape index (κ1) is 49.3. The molecule has 0 aromatic rings. The molecule has 0 amide bonds. The van der Waals surface area contributed by atoms with Gasteiger partial charge >= 0.3 is 5.97 Å². The summed E-state index contributed by atoms with van der Waals surface area (Å²) < 4.78 is 11.6. The van der Waals surface area contributed by atoms with Crippen LogP contribution in [0.3, 0.4) is 0 Å². The van der Waals surface area contributed by atoms with Crippen molar-refractivity contribution in [1.29, 1.82) is 0 Å². The van der Waals surface area contributed by atoms with Gasteiger partial charge in [-0.05, 0) is 96.8 Å². The molecule has 1 N–H and O–H groups in total. The molecule has 3 atom stereocenters. The van der Waals surface area contributed by atoms with Crippen LogP contribution in [0, 0.1) is 11.8 Å². The number of hydrogen-bond donors (Lipinski definition) is 1. The predicted molar refractivity (Wildman–Crippen MR) is 217 cm³/mol. The van der Waals surface area contributed by atoms with E-state index in [0.29, 0.717) is 24.9 Å². The van der Waals surface area contributed by atoms with Crippen LogP contribution >= 0.6 is 0 Å². The van der Waals surface area contributed by atoms with Crippen LogP contribution in [0.4, 0.5) is 0 Å². The van der Waals surface area contributed by atoms with Gasteiger partial charge in [-0.25, -0.2) is 0 Å². The van der Waals surface area contributed by atoms with Crippen LogP contribution in [0.1, 0.15) is 207 Å². The van der Waals surface area contributed by atoms with Crippen molar-refractivity contribution in [2.24, 2.45) is 11.8 Å². The average molecular weight is 711 g/mol. The second-order valence-electron chi connectivity index (χ2n) is 15.9. The zero-order valence-electron chi connectivity index (χ0n) is 34.8. The molecular weight excluding hydrogens is 620 g/mol. The van der Waals surface area contributed by atoms with Gasteiger partial charge in [-0.1, -0.05) is 143 Å². The van der Waals surface area contributed by atoms with Gasteiger partial charge in [-0.15, -0.1) is 0 Å². The smallest absolute Gasteiger partial charge is 0.305 e. The van der Waals surface area contributed by atoms with Crippen LogP contribution in [0.5, 0.6) is 0 Å². The molecule has 300 valence electrons. The van der Waals surface area contributed by atoms with Gasteiger partial charge < -0.3 is 24.4 Å². The van der Waals surface area contributed by atoms with E-state index < -0.39 is 6.29 Å². The first-order valence-corrected chi connectivity index (χ1v) is 22.2. The molecule has 0 aliphatic rings. The molecule has 0 radical (unpaired) electrons. The third-order valence-corrected chi connectivity index (χ3v) is 10.5. The Hall–Kier alpha value is -0.690. The van der Waals surface area contributed by atoms with E-state index in [2.05, 4.69) is 51.6 Å². The summed E-state index contributed by atoms with van der Waals surface area (Å²) in [6.45, 7) is 15.0. The van der Waals surface area contributed by atoms with Crippen LogP contribution in [-0.2, 0) is 14.3 Å². The molecule has 0 saturated carbocycles. The number of aliphatic hydroxyl groups excluding tert-OH is 1. The molecule has 3 unspecified atom stereocenters. The van der Waals surface area contributed by atoms with E-state index in [-0.39, 0.29) is 5.97 Å². The Balaban J connectivity index is 4.09. The molecule has 0 aliphatic carbocycles. The van der Waals surface area contributed by atoms with Gasteiger partial charge in [0.15, 0.2) is 6.29 Å². The lowest BCUT2D eigenvalue weighted by Gasteiger charge is -2.24. The van der Waals surface area contributed by atoms with Gasteiger partial charge in [0.2, 0.25) is 0 Å². The maximum atomic E-state index is 12.4. The summed E-state index contributed by atoms with van der Waals surface area (Å²) in [5, 5.41) is 10.4. The van der Waals surface area contributed by atoms with E-state index in [9.17, 15) is 9.90 Å². The molecule has 6 heteroatoms. The molecular formula is C44H90N2O4. The monoisotopic (exact) mass is 711 g/mol. The highest BCUT2D eigenvalue weighted by Crippen LogP contribution is 2.20. The fraction of sp³-hybridized carbons (Fsp3) is 0.977. The Bertz CT molecular complexity index is 691. The lowest BCUT2D eigenvalue weighted by molar-refractivity contribution is -0.145. The standard InChI is InChI=1S/C44H90N2O4/c1-7-11-15-23-31-41(29-13-9-3)39-49-43(47)33-25-19-17-21-27-35-46(38-37-45(5)6)36-28-22-18-20-26-34-44(48)50-40-42(30-14-10-4)32-24-16-12-8-2/h41-43,47H,7-40H2,1-6H3. The number of ether oxygens (including phenoxy) is 2. The second kappa shape index (κ2) is 38.0. The van der Waals surface area contributed by atoms with Gasteiger partial charge in [-0.3, -0.25) is 4.79 Å². The fourth-order valence-electron chi connectivity index (χ4n) is 6.94. The lowest BCUT2D eigenvalue weighted by Crippen LogP contribution is -2.33. The lowest BCUT2D eigenvalue weighted by atomic mass is 9.96. The summed E-state index contributed by atoms with van der Waals surface area (Å²) in [5.74, 6) is 1.17. The third-order valence-electron chi connectivity index (χ3n) is 10.5. The minimum absolute atomic E-state index is 0.0128. The van der Waals surface area contributed by atoms with Crippen LogP contribution < -0.4 is 0 Å². The van der Waals surface area contributed by atoms with Crippen LogP contribution in [0.25, 0.3) is 0 Å². The van der Waals surface area contributed by atoms with E-state index in [1.807, 2.05) is 0 Å². The topological polar surface area (TPSA) is 62.2 Å². The van der Waals surface area contributed by atoms with Crippen molar-refractivity contribution in [1.82, 2.24) is 9.80 Å². The summed E-state index contributed by atoms with van der Waals surface area (Å²) in [6.07, 6.45) is 32.8. The average Bonchev–Trinajstić information content (AvgIpc) is 3.10. The van der Waals surface area contributed by atoms with Gasteiger partial charge in [-0.2, -0.15) is 0 Å². The van der Waals surface area contributed by atoms with E-state index >= 15 is 0 Å². The molecule has 50 heavy (non-hydrogen) atoms. The largest absolute Gasteiger partial charge is 0.465 e. The van der Waals surface area contributed by atoms with Crippen LogP contribution in [0.15, 0.2) is 0 Å². The maximum absolute atomic E-state index is 12.4. The van der Waals surface area contributed by atoms with Crippen LogP contribution in [-0.4, -0.2) is 80.7 Å². The SMILES string of the molecule is CCCCCCC(CCCC)COC(=O)CCCCCCCN(CCCCCCCC(O)OCC(CCCC)CCCCCC)CCN(C)C. The molecule has 0 aromatic heterocycles. The second-order valence-corrected chi connectivity index (χ2v) is 15.9. The van der Waals surface area contributed by atoms with E-state index in [1.165, 1.54) is 161 Å². The zero-order chi connectivity index (χ0) is 36.9. The molecule has 0 spiro atoms. The number of carbonyl (C=O) groups excluding carboxylic acids is 1. The van der Waals surface area contributed by atoms with Gasteiger partial charge in [0.05, 0.1) is 13.2 Å². The first-order valence-electron chi connectivity index (χ1n) is 22.2. The highest BCUT2D eigenvalue weighted by atomic mass is 16.6. The Morgan fingerprint density at radius 2 is 0.940 bits per heavy atom. The summed E-state index contributed by atoms with van der Waals surface area (Å²) in [4.78, 5) is 17.3. The zero-order valence-corrected chi connectivity index (χ0v) is 34.8. The highest BCUT2D eigenvalue weighted by Gasteiger charge is 2.14. The van der Waals surface area contributed by atoms with Crippen molar-refractivity contribution >= 4 is 5.97 Å². The number of carbonyl (C=O) groups is 1. The predicted octanol–water partition coefficient (Wildman–Crippen LogP) is 12.0. The molecule has 0 rings (SSSR count). The van der Waals surface area contributed by atoms with Crippen LogP contribution in [0.2, 0.25) is 0 Å². The molecule has 0 aromatic carbocycles. The van der Waals surface area contributed by atoms with Crippen molar-refractivity contribution in [3.05, 3.63) is 0 Å². The quantitative estimate of drug-likeness (QED) is 0.0388. The van der Waals surface area contributed by atoms with Gasteiger partial charge in [0, 0.05) is 19.5 Å². The number of esters is 1. The molecule has 0 bridgehead atoms. The van der Waals surface area contributed by atoms with Gasteiger partial charge in [0.1, 0.15) is 0 Å². The molecule has 0 heterocycles. The van der Waals surface area contributed by atoms with Crippen molar-refractivity contribution < 1.29 is 19.4 Å². The molecule has 0 aliphatic heterocycles. The van der Waals surface area contributed by atoms with Gasteiger partial charge in [0.25, 0.3) is 0 Å². The Morgan fingerprint density at radius 1 is 0.500 bits per heavy atom. The number of aliphatic hydroxyl groups is 1. The van der Waals surface area contributed by atoms with Crippen molar-refractivity contribution in [2.75, 3.05) is 53.5 Å². The van der Waals surface area contributed by atoms with E-state index in [4.69, 9.17) is 9.47 Å². The molecule has 0 saturated heterocycles. The Labute approximate surface area is 313 Å². The normalized spacial score (nSPS) is 13.7. The number of hydrogen-bond acceptors (Lipinski definition) is 6. The van der Waals surface area contributed by atoms with Crippen molar-refractivity contribution in [3.63, 3.8) is 0 Å². The fourth-order valence-corrected chi connectivity index (χ4v) is 6.94. The maximum Gasteiger partial charge on any atom is 0.305 e. The Kier molecular flexibility index (Phi) is 37.5. The van der Waals surface area contributed by atoms with E-state index in [0.717, 1.165) is 45.4 Å². The van der Waals surface area contributed by atoms with E-state index in [1.54, 1.807) is 0 Å². The summed E-state index contributed by atoms with van der Waals surface area (Å²) >= 11 is 0. The highest BCUT2D eigenvalue weighted by molar-refractivity contribution is 5.69. The molecule has 6 nitrogen and oxygen atoms in total. The van der Waals surface area contributed by atoms with Crippen molar-refractivity contribution in [2.45, 2.75) is 214 Å².